The zero-order chi connectivity index (χ0) is 11.4. The summed E-state index contributed by atoms with van der Waals surface area (Å²) in [6.45, 7) is 0.484. The Morgan fingerprint density at radius 3 is 2.88 bits per heavy atom. The van der Waals surface area contributed by atoms with Crippen LogP contribution in [0.4, 0.5) is 0 Å². The van der Waals surface area contributed by atoms with Gasteiger partial charge in [0.05, 0.1) is 0 Å². The Bertz CT molecular complexity index is 403. The summed E-state index contributed by atoms with van der Waals surface area (Å²) in [6.07, 6.45) is 4.77. The Labute approximate surface area is 92.4 Å². The van der Waals surface area contributed by atoms with Gasteiger partial charge in [-0.05, 0) is 12.8 Å². The molecule has 6 heteroatoms. The lowest BCUT2D eigenvalue weighted by Crippen LogP contribution is -2.31. The molecule has 1 amide bonds. The van der Waals surface area contributed by atoms with Crippen molar-refractivity contribution in [1.29, 1.82) is 0 Å². The second-order valence-corrected chi connectivity index (χ2v) is 4.06. The molecule has 0 aromatic carbocycles. The molecule has 1 aliphatic rings. The third-order valence-corrected chi connectivity index (χ3v) is 2.87. The minimum Gasteiger partial charge on any atom is -0.355 e. The van der Waals surface area contributed by atoms with Gasteiger partial charge in [0, 0.05) is 18.9 Å². The maximum Gasteiger partial charge on any atom is 0.438 e. The van der Waals surface area contributed by atoms with Crippen molar-refractivity contribution < 1.29 is 9.32 Å². The number of rotatable bonds is 4. The topological polar surface area (TPSA) is 88.0 Å². The van der Waals surface area contributed by atoms with Crippen molar-refractivity contribution in [2.45, 2.75) is 32.1 Å². The number of amides is 1. The van der Waals surface area contributed by atoms with E-state index >= 15 is 0 Å². The first kappa shape index (κ1) is 10.9. The van der Waals surface area contributed by atoms with Gasteiger partial charge in [0.25, 0.3) is 0 Å². The molecule has 2 N–H and O–H groups in total. The van der Waals surface area contributed by atoms with E-state index in [0.717, 1.165) is 25.7 Å². The summed E-state index contributed by atoms with van der Waals surface area (Å²) in [7, 11) is 0. The van der Waals surface area contributed by atoms with Gasteiger partial charge in [-0.1, -0.05) is 18.0 Å². The van der Waals surface area contributed by atoms with Crippen LogP contribution in [0.1, 0.15) is 31.5 Å². The lowest BCUT2D eigenvalue weighted by atomic mass is 10.1. The molecule has 0 radical (unpaired) electrons. The summed E-state index contributed by atoms with van der Waals surface area (Å²) in [6, 6.07) is 0. The molecule has 0 aliphatic heterocycles. The van der Waals surface area contributed by atoms with Crippen LogP contribution in [0.15, 0.2) is 9.32 Å². The Kier molecular flexibility index (Phi) is 3.38. The number of aromatic amines is 1. The van der Waals surface area contributed by atoms with Gasteiger partial charge in [-0.3, -0.25) is 14.3 Å². The van der Waals surface area contributed by atoms with E-state index in [0.29, 0.717) is 18.8 Å². The van der Waals surface area contributed by atoms with Gasteiger partial charge in [-0.15, -0.1) is 0 Å². The van der Waals surface area contributed by atoms with Crippen LogP contribution in [-0.4, -0.2) is 22.6 Å². The van der Waals surface area contributed by atoms with Gasteiger partial charge in [0.1, 0.15) is 0 Å². The third kappa shape index (κ3) is 2.71. The predicted octanol–water partition coefficient (Wildman–Crippen LogP) is 0.212. The standard InChI is InChI=1S/C10H15N3O3/c14-9(7-3-1-2-4-7)11-6-5-8-12-10(15)16-13-8/h7H,1-6H2,(H,11,14)(H,12,13,15). The van der Waals surface area contributed by atoms with Crippen LogP contribution in [0, 0.1) is 5.92 Å². The molecule has 1 heterocycles. The lowest BCUT2D eigenvalue weighted by Gasteiger charge is -2.08. The van der Waals surface area contributed by atoms with E-state index in [1.165, 1.54) is 0 Å². The Morgan fingerprint density at radius 1 is 1.50 bits per heavy atom. The van der Waals surface area contributed by atoms with Crippen molar-refractivity contribution >= 4 is 5.91 Å². The molecule has 0 saturated heterocycles. The second kappa shape index (κ2) is 4.96. The van der Waals surface area contributed by atoms with E-state index in [9.17, 15) is 9.59 Å². The molecule has 1 aromatic rings. The van der Waals surface area contributed by atoms with E-state index in [2.05, 4.69) is 20.0 Å². The predicted molar refractivity (Wildman–Crippen MR) is 55.8 cm³/mol. The van der Waals surface area contributed by atoms with Crippen molar-refractivity contribution in [3.63, 3.8) is 0 Å². The fourth-order valence-electron chi connectivity index (χ4n) is 2.00. The van der Waals surface area contributed by atoms with Crippen LogP contribution in [0.25, 0.3) is 0 Å². The number of hydrogen-bond donors (Lipinski definition) is 2. The van der Waals surface area contributed by atoms with Gasteiger partial charge in [0.15, 0.2) is 5.82 Å². The molecule has 1 fully saturated rings. The SMILES string of the molecule is O=C(NCCc1noc(=O)[nH]1)C1CCCC1. The van der Waals surface area contributed by atoms with Crippen LogP contribution in [0.3, 0.4) is 0 Å². The number of nitrogens with one attached hydrogen (secondary N) is 2. The molecule has 88 valence electrons. The average Bonchev–Trinajstić information content (AvgIpc) is 2.89. The van der Waals surface area contributed by atoms with Gasteiger partial charge in [-0.25, -0.2) is 4.79 Å². The van der Waals surface area contributed by atoms with Crippen molar-refractivity contribution in [3.05, 3.63) is 16.4 Å². The first-order valence-electron chi connectivity index (χ1n) is 5.58. The molecule has 0 bridgehead atoms. The first-order chi connectivity index (χ1) is 7.75. The maximum atomic E-state index is 11.6. The number of aromatic nitrogens is 2. The molecule has 1 aliphatic carbocycles. The van der Waals surface area contributed by atoms with E-state index in [4.69, 9.17) is 0 Å². The zero-order valence-electron chi connectivity index (χ0n) is 8.99. The van der Waals surface area contributed by atoms with E-state index in [-0.39, 0.29) is 11.8 Å². The summed E-state index contributed by atoms with van der Waals surface area (Å²) in [5.74, 6) is 0.202. The molecule has 0 atom stereocenters. The van der Waals surface area contributed by atoms with Gasteiger partial charge in [-0.2, -0.15) is 0 Å². The smallest absolute Gasteiger partial charge is 0.355 e. The van der Waals surface area contributed by atoms with Crippen LogP contribution in [0.5, 0.6) is 0 Å². The number of carbonyl (C=O) groups excluding carboxylic acids is 1. The maximum absolute atomic E-state index is 11.6. The summed E-state index contributed by atoms with van der Waals surface area (Å²) < 4.78 is 4.35. The average molecular weight is 225 g/mol. The molecule has 1 saturated carbocycles. The molecule has 6 nitrogen and oxygen atoms in total. The molecule has 2 rings (SSSR count). The van der Waals surface area contributed by atoms with E-state index in [1.54, 1.807) is 0 Å². The summed E-state index contributed by atoms with van der Waals surface area (Å²) in [5.41, 5.74) is 0. The number of carbonyl (C=O) groups is 1. The Hall–Kier alpha value is -1.59. The third-order valence-electron chi connectivity index (χ3n) is 2.87. The molecular formula is C10H15N3O3. The molecular weight excluding hydrogens is 210 g/mol. The van der Waals surface area contributed by atoms with Crippen molar-refractivity contribution in [2.24, 2.45) is 5.92 Å². The molecule has 16 heavy (non-hydrogen) atoms. The molecule has 1 aromatic heterocycles. The number of H-pyrrole nitrogens is 1. The summed E-state index contributed by atoms with van der Waals surface area (Å²) >= 11 is 0. The largest absolute Gasteiger partial charge is 0.438 e. The summed E-state index contributed by atoms with van der Waals surface area (Å²) in [5, 5.41) is 6.36. The highest BCUT2D eigenvalue weighted by Crippen LogP contribution is 2.24. The zero-order valence-corrected chi connectivity index (χ0v) is 8.99. The minimum absolute atomic E-state index is 0.114. The van der Waals surface area contributed by atoms with Gasteiger partial charge < -0.3 is 5.32 Å². The quantitative estimate of drug-likeness (QED) is 0.766. The van der Waals surface area contributed by atoms with Crippen LogP contribution in [0.2, 0.25) is 0 Å². The van der Waals surface area contributed by atoms with Crippen LogP contribution in [-0.2, 0) is 11.2 Å². The normalized spacial score (nSPS) is 16.5. The van der Waals surface area contributed by atoms with Crippen molar-refractivity contribution in [1.82, 2.24) is 15.5 Å². The highest BCUT2D eigenvalue weighted by molar-refractivity contribution is 5.78. The first-order valence-corrected chi connectivity index (χ1v) is 5.58. The van der Waals surface area contributed by atoms with Crippen molar-refractivity contribution in [2.75, 3.05) is 6.54 Å². The molecule has 0 unspecified atom stereocenters. The second-order valence-electron chi connectivity index (χ2n) is 4.06. The van der Waals surface area contributed by atoms with Crippen LogP contribution >= 0.6 is 0 Å². The van der Waals surface area contributed by atoms with Gasteiger partial charge >= 0.3 is 5.76 Å². The molecule has 0 spiro atoms. The number of nitrogens with zero attached hydrogens (tertiary/aromatic N) is 1. The highest BCUT2D eigenvalue weighted by Gasteiger charge is 2.21. The summed E-state index contributed by atoms with van der Waals surface area (Å²) in [4.78, 5) is 24.7. The Balaban J connectivity index is 1.71. The minimum atomic E-state index is -0.558. The highest BCUT2D eigenvalue weighted by atomic mass is 16.5. The van der Waals surface area contributed by atoms with E-state index < -0.39 is 5.76 Å². The fourth-order valence-corrected chi connectivity index (χ4v) is 2.00. The lowest BCUT2D eigenvalue weighted by molar-refractivity contribution is -0.124. The van der Waals surface area contributed by atoms with Gasteiger partial charge in [0.2, 0.25) is 5.91 Å². The Morgan fingerprint density at radius 2 is 2.25 bits per heavy atom. The number of hydrogen-bond acceptors (Lipinski definition) is 4. The van der Waals surface area contributed by atoms with Crippen molar-refractivity contribution in [3.8, 4) is 0 Å². The monoisotopic (exact) mass is 225 g/mol. The van der Waals surface area contributed by atoms with Crippen LogP contribution < -0.4 is 11.1 Å². The van der Waals surface area contributed by atoms with E-state index in [1.807, 2.05) is 0 Å². The fraction of sp³-hybridized carbons (Fsp3) is 0.700.